The van der Waals surface area contributed by atoms with Crippen LogP contribution < -0.4 is 4.74 Å². The Labute approximate surface area is 107 Å². The molecule has 1 atom stereocenters. The molecular weight excluding hydrogens is 226 g/mol. The SMILES string of the molecule is COc1cnccc1C(O)Cc1ccc(C)cc1. The highest BCUT2D eigenvalue weighted by Crippen LogP contribution is 2.26. The van der Waals surface area contributed by atoms with Crippen molar-refractivity contribution in [3.05, 3.63) is 59.4 Å². The average molecular weight is 243 g/mol. The lowest BCUT2D eigenvalue weighted by molar-refractivity contribution is 0.174. The van der Waals surface area contributed by atoms with Crippen molar-refractivity contribution in [2.45, 2.75) is 19.4 Å². The summed E-state index contributed by atoms with van der Waals surface area (Å²) in [5, 5.41) is 10.2. The highest BCUT2D eigenvalue weighted by atomic mass is 16.5. The molecular formula is C15H17NO2. The van der Waals surface area contributed by atoms with Gasteiger partial charge < -0.3 is 9.84 Å². The van der Waals surface area contributed by atoms with Crippen LogP contribution in [0.4, 0.5) is 0 Å². The summed E-state index contributed by atoms with van der Waals surface area (Å²) in [6.45, 7) is 2.05. The molecule has 1 heterocycles. The molecule has 0 aliphatic rings. The van der Waals surface area contributed by atoms with Crippen LogP contribution in [0.25, 0.3) is 0 Å². The third kappa shape index (κ3) is 2.87. The van der Waals surface area contributed by atoms with Gasteiger partial charge in [-0.3, -0.25) is 4.98 Å². The van der Waals surface area contributed by atoms with Gasteiger partial charge in [-0.15, -0.1) is 0 Å². The molecule has 18 heavy (non-hydrogen) atoms. The van der Waals surface area contributed by atoms with Gasteiger partial charge in [0, 0.05) is 18.2 Å². The third-order valence-corrected chi connectivity index (χ3v) is 2.95. The van der Waals surface area contributed by atoms with Crippen molar-refractivity contribution in [3.8, 4) is 5.75 Å². The molecule has 0 spiro atoms. The summed E-state index contributed by atoms with van der Waals surface area (Å²) in [7, 11) is 1.58. The molecule has 0 radical (unpaired) electrons. The lowest BCUT2D eigenvalue weighted by atomic mass is 10.0. The maximum atomic E-state index is 10.2. The van der Waals surface area contributed by atoms with Crippen LogP contribution in [-0.2, 0) is 6.42 Å². The topological polar surface area (TPSA) is 42.4 Å². The normalized spacial score (nSPS) is 12.2. The number of aliphatic hydroxyl groups is 1. The zero-order chi connectivity index (χ0) is 13.0. The van der Waals surface area contributed by atoms with Crippen LogP contribution in [0.15, 0.2) is 42.7 Å². The van der Waals surface area contributed by atoms with Crippen LogP contribution in [0, 0.1) is 6.92 Å². The van der Waals surface area contributed by atoms with Crippen molar-refractivity contribution < 1.29 is 9.84 Å². The van der Waals surface area contributed by atoms with Crippen molar-refractivity contribution >= 4 is 0 Å². The second-order valence-electron chi connectivity index (χ2n) is 4.32. The first-order chi connectivity index (χ1) is 8.70. The van der Waals surface area contributed by atoms with Crippen molar-refractivity contribution in [3.63, 3.8) is 0 Å². The molecule has 1 unspecified atom stereocenters. The largest absolute Gasteiger partial charge is 0.495 e. The van der Waals surface area contributed by atoms with E-state index in [0.717, 1.165) is 11.1 Å². The Morgan fingerprint density at radius 3 is 2.61 bits per heavy atom. The Kier molecular flexibility index (Phi) is 3.95. The minimum atomic E-state index is -0.578. The van der Waals surface area contributed by atoms with Gasteiger partial charge in [0.15, 0.2) is 0 Å². The van der Waals surface area contributed by atoms with Gasteiger partial charge in [-0.25, -0.2) is 0 Å². The predicted octanol–water partition coefficient (Wildman–Crippen LogP) is 2.67. The second kappa shape index (κ2) is 5.65. The van der Waals surface area contributed by atoms with E-state index in [9.17, 15) is 5.11 Å². The zero-order valence-corrected chi connectivity index (χ0v) is 10.6. The number of pyridine rings is 1. The second-order valence-corrected chi connectivity index (χ2v) is 4.32. The van der Waals surface area contributed by atoms with E-state index in [0.29, 0.717) is 12.2 Å². The smallest absolute Gasteiger partial charge is 0.142 e. The summed E-state index contributed by atoms with van der Waals surface area (Å²) in [5.41, 5.74) is 3.09. The molecule has 0 amide bonds. The fourth-order valence-corrected chi connectivity index (χ4v) is 1.89. The zero-order valence-electron chi connectivity index (χ0n) is 10.6. The maximum Gasteiger partial charge on any atom is 0.142 e. The van der Waals surface area contributed by atoms with E-state index in [4.69, 9.17) is 4.74 Å². The standard InChI is InChI=1S/C15H17NO2/c1-11-3-5-12(6-4-11)9-14(17)13-7-8-16-10-15(13)18-2/h3-8,10,14,17H,9H2,1-2H3. The Morgan fingerprint density at radius 1 is 1.22 bits per heavy atom. The molecule has 1 N–H and O–H groups in total. The average Bonchev–Trinajstić information content (AvgIpc) is 2.41. The van der Waals surface area contributed by atoms with Crippen molar-refractivity contribution in [2.24, 2.45) is 0 Å². The van der Waals surface area contributed by atoms with Crippen molar-refractivity contribution in [2.75, 3.05) is 7.11 Å². The van der Waals surface area contributed by atoms with E-state index >= 15 is 0 Å². The number of benzene rings is 1. The van der Waals surface area contributed by atoms with Crippen LogP contribution in [0.1, 0.15) is 22.8 Å². The highest BCUT2D eigenvalue weighted by molar-refractivity contribution is 5.33. The molecule has 3 heteroatoms. The molecule has 1 aromatic heterocycles. The molecule has 0 bridgehead atoms. The summed E-state index contributed by atoms with van der Waals surface area (Å²) < 4.78 is 5.20. The minimum Gasteiger partial charge on any atom is -0.495 e. The van der Waals surface area contributed by atoms with Gasteiger partial charge in [0.2, 0.25) is 0 Å². The number of ether oxygens (including phenoxy) is 1. The number of nitrogens with zero attached hydrogens (tertiary/aromatic N) is 1. The summed E-state index contributed by atoms with van der Waals surface area (Å²) in [4.78, 5) is 3.98. The molecule has 94 valence electrons. The fourth-order valence-electron chi connectivity index (χ4n) is 1.89. The third-order valence-electron chi connectivity index (χ3n) is 2.95. The first-order valence-corrected chi connectivity index (χ1v) is 5.92. The minimum absolute atomic E-state index is 0.570. The molecule has 0 saturated carbocycles. The van der Waals surface area contributed by atoms with Crippen LogP contribution in [0.5, 0.6) is 5.75 Å². The fraction of sp³-hybridized carbons (Fsp3) is 0.267. The number of aryl methyl sites for hydroxylation is 1. The number of hydrogen-bond acceptors (Lipinski definition) is 3. The van der Waals surface area contributed by atoms with Crippen LogP contribution >= 0.6 is 0 Å². The number of aromatic nitrogens is 1. The lowest BCUT2D eigenvalue weighted by Gasteiger charge is -2.14. The summed E-state index contributed by atoms with van der Waals surface area (Å²) >= 11 is 0. The van der Waals surface area contributed by atoms with Gasteiger partial charge >= 0.3 is 0 Å². The van der Waals surface area contributed by atoms with E-state index in [1.54, 1.807) is 25.6 Å². The number of methoxy groups -OCH3 is 1. The predicted molar refractivity (Wildman–Crippen MR) is 70.6 cm³/mol. The molecule has 0 fully saturated rings. The number of aliphatic hydroxyl groups excluding tert-OH is 1. The summed E-state index contributed by atoms with van der Waals surface area (Å²) in [6.07, 6.45) is 3.27. The summed E-state index contributed by atoms with van der Waals surface area (Å²) in [5.74, 6) is 0.622. The van der Waals surface area contributed by atoms with Crippen LogP contribution in [0.3, 0.4) is 0 Å². The van der Waals surface area contributed by atoms with Crippen molar-refractivity contribution in [1.82, 2.24) is 4.98 Å². The van der Waals surface area contributed by atoms with E-state index in [2.05, 4.69) is 4.98 Å². The number of hydrogen-bond donors (Lipinski definition) is 1. The highest BCUT2D eigenvalue weighted by Gasteiger charge is 2.13. The van der Waals surface area contributed by atoms with Crippen LogP contribution in [0.2, 0.25) is 0 Å². The molecule has 0 aliphatic heterocycles. The molecule has 2 aromatic rings. The molecule has 1 aromatic carbocycles. The number of rotatable bonds is 4. The van der Waals surface area contributed by atoms with E-state index < -0.39 is 6.10 Å². The summed E-state index contributed by atoms with van der Waals surface area (Å²) in [6, 6.07) is 9.95. The van der Waals surface area contributed by atoms with Crippen molar-refractivity contribution in [1.29, 1.82) is 0 Å². The first kappa shape index (κ1) is 12.6. The monoisotopic (exact) mass is 243 g/mol. The van der Waals surface area contributed by atoms with Crippen LogP contribution in [-0.4, -0.2) is 17.2 Å². The lowest BCUT2D eigenvalue weighted by Crippen LogP contribution is -2.04. The Bertz CT molecular complexity index is 508. The van der Waals surface area contributed by atoms with Gasteiger partial charge in [-0.1, -0.05) is 29.8 Å². The molecule has 0 saturated heterocycles. The van der Waals surface area contributed by atoms with Gasteiger partial charge in [0.05, 0.1) is 19.4 Å². The van der Waals surface area contributed by atoms with Gasteiger partial charge in [0.25, 0.3) is 0 Å². The van der Waals surface area contributed by atoms with Gasteiger partial charge in [0.1, 0.15) is 5.75 Å². The molecule has 0 aliphatic carbocycles. The van der Waals surface area contributed by atoms with Gasteiger partial charge in [-0.05, 0) is 18.6 Å². The van der Waals surface area contributed by atoms with Gasteiger partial charge in [-0.2, -0.15) is 0 Å². The van der Waals surface area contributed by atoms with E-state index in [-0.39, 0.29) is 0 Å². The first-order valence-electron chi connectivity index (χ1n) is 5.92. The Hall–Kier alpha value is -1.87. The van der Waals surface area contributed by atoms with E-state index in [1.165, 1.54) is 5.56 Å². The molecule has 2 rings (SSSR count). The Balaban J connectivity index is 2.16. The quantitative estimate of drug-likeness (QED) is 0.897. The Morgan fingerprint density at radius 2 is 1.94 bits per heavy atom. The van der Waals surface area contributed by atoms with E-state index in [1.807, 2.05) is 31.2 Å². The maximum absolute atomic E-state index is 10.2. The molecule has 3 nitrogen and oxygen atoms in total.